The largest absolute Gasteiger partial charge is 0.457 e. The first kappa shape index (κ1) is 24.9. The molecule has 0 saturated carbocycles. The number of benzene rings is 2. The number of aromatic nitrogens is 3. The van der Waals surface area contributed by atoms with Gasteiger partial charge in [-0.3, -0.25) is 14.9 Å². The van der Waals surface area contributed by atoms with E-state index in [4.69, 9.17) is 4.74 Å². The summed E-state index contributed by atoms with van der Waals surface area (Å²) in [6.45, 7) is 1.85. The number of carbonyl (C=O) groups is 1. The van der Waals surface area contributed by atoms with Crippen molar-refractivity contribution in [1.82, 2.24) is 14.6 Å². The third-order valence-electron chi connectivity index (χ3n) is 5.31. The predicted molar refractivity (Wildman–Crippen MR) is 134 cm³/mol. The Morgan fingerprint density at radius 2 is 1.89 bits per heavy atom. The quantitative estimate of drug-likeness (QED) is 0.189. The monoisotopic (exact) mass is 539 g/mol. The van der Waals surface area contributed by atoms with E-state index in [0.29, 0.717) is 15.1 Å². The number of hydrogen-bond acceptors (Lipinski definition) is 7. The number of nitro groups is 1. The number of rotatable bonds is 6. The number of halogens is 3. The van der Waals surface area contributed by atoms with E-state index < -0.39 is 22.7 Å². The summed E-state index contributed by atoms with van der Waals surface area (Å²) in [5, 5.41) is 19.4. The van der Waals surface area contributed by atoms with E-state index in [9.17, 15) is 28.1 Å². The van der Waals surface area contributed by atoms with Crippen LogP contribution < -0.4 is 10.1 Å². The lowest BCUT2D eigenvalue weighted by Crippen LogP contribution is -2.15. The van der Waals surface area contributed by atoms with Gasteiger partial charge in [0.15, 0.2) is 17.0 Å². The molecule has 1 amide bonds. The highest BCUT2D eigenvalue weighted by Gasteiger charge is 2.35. The Hall–Kier alpha value is -4.78. The molecule has 5 rings (SSSR count). The average molecular weight is 539 g/mol. The second kappa shape index (κ2) is 9.59. The molecule has 1 N–H and O–H groups in total. The summed E-state index contributed by atoms with van der Waals surface area (Å²) in [6.07, 6.45) is -4.77. The van der Waals surface area contributed by atoms with Gasteiger partial charge in [-0.2, -0.15) is 18.3 Å². The number of fused-ring (bicyclic) bond motifs is 1. The van der Waals surface area contributed by atoms with Gasteiger partial charge >= 0.3 is 6.18 Å². The number of carbonyl (C=O) groups excluding carboxylic acids is 1. The fourth-order valence-corrected chi connectivity index (χ4v) is 4.35. The lowest BCUT2D eigenvalue weighted by atomic mass is 10.2. The van der Waals surface area contributed by atoms with Gasteiger partial charge in [0.1, 0.15) is 11.5 Å². The van der Waals surface area contributed by atoms with Crippen LogP contribution in [0.5, 0.6) is 11.5 Å². The van der Waals surface area contributed by atoms with Gasteiger partial charge in [-0.15, -0.1) is 11.3 Å². The van der Waals surface area contributed by atoms with Crippen molar-refractivity contribution in [1.29, 1.82) is 0 Å². The van der Waals surface area contributed by atoms with Gasteiger partial charge in [0.05, 0.1) is 27.2 Å². The van der Waals surface area contributed by atoms with Gasteiger partial charge in [-0.1, -0.05) is 18.2 Å². The Morgan fingerprint density at radius 3 is 2.58 bits per heavy atom. The number of ether oxygens (including phenoxy) is 1. The van der Waals surface area contributed by atoms with Crippen molar-refractivity contribution < 1.29 is 27.6 Å². The molecule has 0 bridgehead atoms. The van der Waals surface area contributed by atoms with Crippen molar-refractivity contribution >= 4 is 34.3 Å². The predicted octanol–water partition coefficient (Wildman–Crippen LogP) is 6.74. The molecule has 0 atom stereocenters. The maximum Gasteiger partial charge on any atom is 0.433 e. The van der Waals surface area contributed by atoms with Crippen LogP contribution >= 0.6 is 11.3 Å². The summed E-state index contributed by atoms with van der Waals surface area (Å²) in [7, 11) is 0. The fraction of sp³-hybridized carbons (Fsp3) is 0.0800. The average Bonchev–Trinajstić information content (AvgIpc) is 3.53. The number of alkyl halides is 3. The number of aryl methyl sites for hydroxylation is 1. The van der Waals surface area contributed by atoms with E-state index in [1.807, 2.05) is 13.0 Å². The highest BCUT2D eigenvalue weighted by atomic mass is 32.1. The van der Waals surface area contributed by atoms with Gasteiger partial charge < -0.3 is 10.1 Å². The first-order valence-electron chi connectivity index (χ1n) is 10.9. The van der Waals surface area contributed by atoms with Gasteiger partial charge in [0.25, 0.3) is 11.6 Å². The van der Waals surface area contributed by atoms with E-state index in [2.05, 4.69) is 15.4 Å². The van der Waals surface area contributed by atoms with Crippen molar-refractivity contribution in [2.45, 2.75) is 13.1 Å². The molecule has 0 fully saturated rings. The van der Waals surface area contributed by atoms with Crippen molar-refractivity contribution in [3.63, 3.8) is 0 Å². The third kappa shape index (κ3) is 5.18. The standard InChI is InChI=1S/C25H16F3N5O4S/c1-14-4-2-5-17(8-14)37-18-10-15(9-16(11-18)33(35)36)29-24(34)20-13-23-30-19(21-6-3-7-38-21)12-22(25(26,27)28)32(23)31-20/h2-13H,1H3,(H,29,34). The smallest absolute Gasteiger partial charge is 0.433 e. The summed E-state index contributed by atoms with van der Waals surface area (Å²) in [5.41, 5.74) is -1.02. The molecule has 0 saturated heterocycles. The molecule has 0 unspecified atom stereocenters. The summed E-state index contributed by atoms with van der Waals surface area (Å²) in [6, 6.07) is 15.9. The molecule has 0 aliphatic heterocycles. The Labute approximate surface area is 216 Å². The van der Waals surface area contributed by atoms with Crippen LogP contribution in [0.3, 0.4) is 0 Å². The van der Waals surface area contributed by atoms with E-state index in [0.717, 1.165) is 23.8 Å². The van der Waals surface area contributed by atoms with Crippen LogP contribution in [0.1, 0.15) is 21.7 Å². The molecule has 13 heteroatoms. The number of thiophene rings is 1. The zero-order chi connectivity index (χ0) is 27.0. The minimum atomic E-state index is -4.77. The van der Waals surface area contributed by atoms with Crippen LogP contribution in [0.4, 0.5) is 24.5 Å². The maximum atomic E-state index is 13.8. The van der Waals surface area contributed by atoms with E-state index in [-0.39, 0.29) is 34.2 Å². The van der Waals surface area contributed by atoms with Crippen molar-refractivity contribution in [2.75, 3.05) is 5.32 Å². The maximum absolute atomic E-state index is 13.8. The van der Waals surface area contributed by atoms with Crippen LogP contribution in [0.25, 0.3) is 16.2 Å². The van der Waals surface area contributed by atoms with Crippen molar-refractivity contribution in [3.8, 4) is 22.1 Å². The van der Waals surface area contributed by atoms with Crippen LogP contribution in [-0.4, -0.2) is 25.4 Å². The normalized spacial score (nSPS) is 11.5. The number of nitrogens with one attached hydrogen (secondary N) is 1. The summed E-state index contributed by atoms with van der Waals surface area (Å²) in [4.78, 5) is 28.5. The lowest BCUT2D eigenvalue weighted by molar-refractivity contribution is -0.384. The number of amides is 1. The number of nitrogens with zero attached hydrogens (tertiary/aromatic N) is 4. The molecular weight excluding hydrogens is 523 g/mol. The second-order valence-corrected chi connectivity index (χ2v) is 9.09. The number of hydrogen-bond donors (Lipinski definition) is 1. The Balaban J connectivity index is 1.49. The van der Waals surface area contributed by atoms with Crippen LogP contribution in [0, 0.1) is 17.0 Å². The molecule has 0 aliphatic rings. The van der Waals surface area contributed by atoms with Crippen molar-refractivity contribution in [3.05, 3.63) is 99.2 Å². The van der Waals surface area contributed by atoms with Gasteiger partial charge in [-0.05, 0) is 42.1 Å². The highest BCUT2D eigenvalue weighted by molar-refractivity contribution is 7.13. The van der Waals surface area contributed by atoms with Gasteiger partial charge in [-0.25, -0.2) is 9.50 Å². The van der Waals surface area contributed by atoms with Gasteiger partial charge in [0, 0.05) is 18.2 Å². The molecule has 192 valence electrons. The van der Waals surface area contributed by atoms with E-state index in [1.165, 1.54) is 23.5 Å². The Bertz CT molecular complexity index is 1680. The highest BCUT2D eigenvalue weighted by Crippen LogP contribution is 2.34. The number of non-ortho nitro benzene ring substituents is 1. The van der Waals surface area contributed by atoms with E-state index >= 15 is 0 Å². The minimum absolute atomic E-state index is 0.00723. The first-order valence-corrected chi connectivity index (χ1v) is 11.8. The van der Waals surface area contributed by atoms with E-state index in [1.54, 1.807) is 35.7 Å². The topological polar surface area (TPSA) is 112 Å². The minimum Gasteiger partial charge on any atom is -0.457 e. The molecule has 0 spiro atoms. The summed E-state index contributed by atoms with van der Waals surface area (Å²) in [5.74, 6) is -0.379. The molecule has 38 heavy (non-hydrogen) atoms. The molecule has 0 aliphatic carbocycles. The zero-order valence-corrected chi connectivity index (χ0v) is 20.2. The SMILES string of the molecule is Cc1cccc(Oc2cc(NC(=O)c3cc4nc(-c5cccs5)cc(C(F)(F)F)n4n3)cc([N+](=O)[O-])c2)c1. The van der Waals surface area contributed by atoms with Gasteiger partial charge in [0.2, 0.25) is 0 Å². The van der Waals surface area contributed by atoms with Crippen LogP contribution in [0.2, 0.25) is 0 Å². The molecule has 0 radical (unpaired) electrons. The summed E-state index contributed by atoms with van der Waals surface area (Å²) >= 11 is 1.22. The summed E-state index contributed by atoms with van der Waals surface area (Å²) < 4.78 is 47.7. The van der Waals surface area contributed by atoms with Crippen LogP contribution in [-0.2, 0) is 6.18 Å². The molecule has 5 aromatic rings. The number of nitro benzene ring substituents is 1. The lowest BCUT2D eigenvalue weighted by Gasteiger charge is -2.10. The third-order valence-corrected chi connectivity index (χ3v) is 6.20. The Morgan fingerprint density at radius 1 is 1.08 bits per heavy atom. The van der Waals surface area contributed by atoms with Crippen LogP contribution in [0.15, 0.2) is 72.1 Å². The molecule has 9 nitrogen and oxygen atoms in total. The fourth-order valence-electron chi connectivity index (χ4n) is 3.67. The number of anilines is 1. The first-order chi connectivity index (χ1) is 18.1. The Kier molecular flexibility index (Phi) is 6.28. The molecule has 3 aromatic heterocycles. The molecule has 2 aromatic carbocycles. The zero-order valence-electron chi connectivity index (χ0n) is 19.4. The second-order valence-electron chi connectivity index (χ2n) is 8.15. The molecular formula is C25H16F3N5O4S. The van der Waals surface area contributed by atoms with Crippen molar-refractivity contribution in [2.24, 2.45) is 0 Å². The molecule has 3 heterocycles.